The number of hydrogen-bond donors (Lipinski definition) is 0. The van der Waals surface area contributed by atoms with Crippen LogP contribution in [0.25, 0.3) is 0 Å². The monoisotopic (exact) mass is 188 g/mol. The molecule has 0 amide bonds. The van der Waals surface area contributed by atoms with Gasteiger partial charge >= 0.3 is 0 Å². The lowest BCUT2D eigenvalue weighted by molar-refractivity contribution is -0.126. The predicted molar refractivity (Wildman–Crippen MR) is 57.8 cm³/mol. The minimum atomic E-state index is 0.106. The molecule has 2 bridgehead atoms. The van der Waals surface area contributed by atoms with E-state index in [1.807, 2.05) is 24.3 Å². The summed E-state index contributed by atoms with van der Waals surface area (Å²) in [5.74, 6) is 1.01. The van der Waals surface area contributed by atoms with Gasteiger partial charge in [-0.05, 0) is 19.3 Å². The van der Waals surface area contributed by atoms with Crippen LogP contribution in [0.3, 0.4) is 0 Å². The molecule has 2 aliphatic carbocycles. The average Bonchev–Trinajstić information content (AvgIpc) is 2.30. The van der Waals surface area contributed by atoms with Crippen molar-refractivity contribution in [2.75, 3.05) is 0 Å². The molecule has 0 aromatic heterocycles. The molecule has 0 N–H and O–H groups in total. The SMILES string of the molecule is C/C=C1\CC2C=CC=CC(C2=O)C1C. The molecule has 0 aromatic carbocycles. The maximum absolute atomic E-state index is 12.0. The highest BCUT2D eigenvalue weighted by Crippen LogP contribution is 2.37. The van der Waals surface area contributed by atoms with Gasteiger partial charge in [0.1, 0.15) is 5.78 Å². The summed E-state index contributed by atoms with van der Waals surface area (Å²) >= 11 is 0. The van der Waals surface area contributed by atoms with Gasteiger partial charge < -0.3 is 0 Å². The molecule has 3 unspecified atom stereocenters. The lowest BCUT2D eigenvalue weighted by Crippen LogP contribution is -2.32. The summed E-state index contributed by atoms with van der Waals surface area (Å²) in [7, 11) is 0. The Morgan fingerprint density at radius 3 is 2.79 bits per heavy atom. The van der Waals surface area contributed by atoms with Gasteiger partial charge in [-0.1, -0.05) is 42.9 Å². The van der Waals surface area contributed by atoms with Gasteiger partial charge in [0.25, 0.3) is 0 Å². The Bertz CT molecular complexity index is 333. The van der Waals surface area contributed by atoms with Crippen molar-refractivity contribution in [3.8, 4) is 0 Å². The fourth-order valence-corrected chi connectivity index (χ4v) is 2.45. The van der Waals surface area contributed by atoms with Gasteiger partial charge in [0, 0.05) is 11.8 Å². The van der Waals surface area contributed by atoms with Crippen LogP contribution in [0.15, 0.2) is 36.0 Å². The first-order valence-electron chi connectivity index (χ1n) is 5.28. The number of fused-ring (bicyclic) bond motifs is 2. The van der Waals surface area contributed by atoms with Crippen LogP contribution in [-0.2, 0) is 4.79 Å². The first kappa shape index (κ1) is 9.45. The summed E-state index contributed by atoms with van der Waals surface area (Å²) in [6.07, 6.45) is 11.2. The maximum Gasteiger partial charge on any atom is 0.147 e. The Balaban J connectivity index is 2.39. The summed E-state index contributed by atoms with van der Waals surface area (Å²) in [6.45, 7) is 4.23. The van der Waals surface area contributed by atoms with Crippen molar-refractivity contribution in [3.05, 3.63) is 36.0 Å². The molecule has 1 saturated carbocycles. The van der Waals surface area contributed by atoms with Gasteiger partial charge in [-0.25, -0.2) is 0 Å². The molecule has 0 heterocycles. The second-order valence-corrected chi connectivity index (χ2v) is 4.16. The number of carbonyl (C=O) groups is 1. The van der Waals surface area contributed by atoms with E-state index in [1.165, 1.54) is 5.57 Å². The summed E-state index contributed by atoms with van der Waals surface area (Å²) in [5.41, 5.74) is 1.43. The third-order valence-electron chi connectivity index (χ3n) is 3.42. The molecule has 0 spiro atoms. The number of carbonyl (C=O) groups excluding carboxylic acids is 1. The summed E-state index contributed by atoms with van der Waals surface area (Å²) in [4.78, 5) is 12.0. The van der Waals surface area contributed by atoms with Crippen LogP contribution in [0.4, 0.5) is 0 Å². The van der Waals surface area contributed by atoms with Crippen molar-refractivity contribution in [1.82, 2.24) is 0 Å². The second kappa shape index (κ2) is 3.56. The third-order valence-corrected chi connectivity index (χ3v) is 3.42. The Morgan fingerprint density at radius 1 is 1.36 bits per heavy atom. The number of allylic oxidation sites excluding steroid dienone is 6. The molecule has 3 atom stereocenters. The maximum atomic E-state index is 12.0. The van der Waals surface area contributed by atoms with Gasteiger partial charge in [0.15, 0.2) is 0 Å². The van der Waals surface area contributed by atoms with Crippen LogP contribution in [-0.4, -0.2) is 5.78 Å². The van der Waals surface area contributed by atoms with E-state index in [9.17, 15) is 4.79 Å². The van der Waals surface area contributed by atoms with E-state index in [0.717, 1.165) is 6.42 Å². The summed E-state index contributed by atoms with van der Waals surface area (Å²) in [5, 5.41) is 0. The molecule has 0 radical (unpaired) electrons. The zero-order valence-corrected chi connectivity index (χ0v) is 8.73. The van der Waals surface area contributed by atoms with Crippen LogP contribution in [0, 0.1) is 17.8 Å². The summed E-state index contributed by atoms with van der Waals surface area (Å²) in [6, 6.07) is 0. The second-order valence-electron chi connectivity index (χ2n) is 4.16. The quantitative estimate of drug-likeness (QED) is 0.534. The molecule has 0 aromatic rings. The molecule has 74 valence electrons. The lowest BCUT2D eigenvalue weighted by Gasteiger charge is -2.31. The first-order chi connectivity index (χ1) is 6.74. The van der Waals surface area contributed by atoms with E-state index in [4.69, 9.17) is 0 Å². The molecule has 0 aliphatic heterocycles. The van der Waals surface area contributed by atoms with E-state index in [0.29, 0.717) is 11.7 Å². The molecule has 1 fully saturated rings. The Labute approximate surface area is 85.2 Å². The number of rotatable bonds is 0. The van der Waals surface area contributed by atoms with Crippen LogP contribution in [0.2, 0.25) is 0 Å². The van der Waals surface area contributed by atoms with Gasteiger partial charge in [-0.15, -0.1) is 0 Å². The van der Waals surface area contributed by atoms with Crippen molar-refractivity contribution < 1.29 is 4.79 Å². The number of hydrogen-bond acceptors (Lipinski definition) is 1. The van der Waals surface area contributed by atoms with E-state index in [2.05, 4.69) is 19.9 Å². The minimum absolute atomic E-state index is 0.106. The molecule has 1 heteroatoms. The van der Waals surface area contributed by atoms with Crippen molar-refractivity contribution in [3.63, 3.8) is 0 Å². The predicted octanol–water partition coefficient (Wildman–Crippen LogP) is 2.90. The highest BCUT2D eigenvalue weighted by molar-refractivity contribution is 5.89. The topological polar surface area (TPSA) is 17.1 Å². The molecule has 0 saturated heterocycles. The van der Waals surface area contributed by atoms with E-state index in [1.54, 1.807) is 0 Å². The van der Waals surface area contributed by atoms with Crippen LogP contribution >= 0.6 is 0 Å². The van der Waals surface area contributed by atoms with Crippen molar-refractivity contribution in [2.24, 2.45) is 17.8 Å². The van der Waals surface area contributed by atoms with Gasteiger partial charge in [-0.3, -0.25) is 4.79 Å². The molecular weight excluding hydrogens is 172 g/mol. The van der Waals surface area contributed by atoms with Gasteiger partial charge in [0.2, 0.25) is 0 Å². The largest absolute Gasteiger partial charge is 0.298 e. The van der Waals surface area contributed by atoms with Crippen molar-refractivity contribution in [2.45, 2.75) is 20.3 Å². The van der Waals surface area contributed by atoms with E-state index in [-0.39, 0.29) is 11.8 Å². The molecular formula is C13H16O. The smallest absolute Gasteiger partial charge is 0.147 e. The van der Waals surface area contributed by atoms with E-state index >= 15 is 0 Å². The minimum Gasteiger partial charge on any atom is -0.298 e. The highest BCUT2D eigenvalue weighted by atomic mass is 16.1. The fraction of sp³-hybridized carbons (Fsp3) is 0.462. The van der Waals surface area contributed by atoms with Gasteiger partial charge in [-0.2, -0.15) is 0 Å². The van der Waals surface area contributed by atoms with Crippen molar-refractivity contribution in [1.29, 1.82) is 0 Å². The van der Waals surface area contributed by atoms with Crippen LogP contribution < -0.4 is 0 Å². The fourth-order valence-electron chi connectivity index (χ4n) is 2.45. The first-order valence-corrected chi connectivity index (χ1v) is 5.28. The zero-order chi connectivity index (χ0) is 10.1. The molecule has 2 aliphatic rings. The standard InChI is InChI=1S/C13H16O/c1-3-10-8-11-6-4-5-7-12(9(10)2)13(11)14/h3-7,9,11-12H,8H2,1-2H3/b10-3+. The zero-order valence-electron chi connectivity index (χ0n) is 8.73. The average molecular weight is 188 g/mol. The van der Waals surface area contributed by atoms with Crippen LogP contribution in [0.5, 0.6) is 0 Å². The Hall–Kier alpha value is -1.11. The van der Waals surface area contributed by atoms with E-state index < -0.39 is 0 Å². The Kier molecular flexibility index (Phi) is 2.40. The van der Waals surface area contributed by atoms with Gasteiger partial charge in [0.05, 0.1) is 0 Å². The highest BCUT2D eigenvalue weighted by Gasteiger charge is 2.36. The normalized spacial score (nSPS) is 38.9. The van der Waals surface area contributed by atoms with Crippen LogP contribution in [0.1, 0.15) is 20.3 Å². The third kappa shape index (κ3) is 1.37. The number of ketones is 1. The summed E-state index contributed by atoms with van der Waals surface area (Å²) < 4.78 is 0. The molecule has 1 nitrogen and oxygen atoms in total. The Morgan fingerprint density at radius 2 is 2.07 bits per heavy atom. The molecule has 2 rings (SSSR count). The molecule has 14 heavy (non-hydrogen) atoms. The number of Topliss-reactive ketones (excluding diaryl/α,β-unsaturated/α-hetero) is 1. The van der Waals surface area contributed by atoms with Crippen molar-refractivity contribution >= 4 is 5.78 Å². The lowest BCUT2D eigenvalue weighted by atomic mass is 9.71.